The molecule has 0 spiro atoms. The summed E-state index contributed by atoms with van der Waals surface area (Å²) < 4.78 is 1.29. The summed E-state index contributed by atoms with van der Waals surface area (Å²) in [4.78, 5) is 28.8. The lowest BCUT2D eigenvalue weighted by molar-refractivity contribution is -0.121. The molecule has 3 aromatic rings. The molecule has 0 unspecified atom stereocenters. The van der Waals surface area contributed by atoms with Crippen LogP contribution in [0.3, 0.4) is 0 Å². The summed E-state index contributed by atoms with van der Waals surface area (Å²) in [6.45, 7) is 2.47. The maximum atomic E-state index is 12.5. The molecule has 0 radical (unpaired) electrons. The van der Waals surface area contributed by atoms with E-state index in [1.165, 1.54) is 10.9 Å². The number of amides is 1. The molecular weight excluding hydrogens is 338 g/mol. The molecule has 1 aromatic heterocycles. The van der Waals surface area contributed by atoms with Crippen LogP contribution in [0.5, 0.6) is 0 Å². The molecule has 1 heterocycles. The lowest BCUT2D eigenvalue weighted by atomic mass is 10.0. The largest absolute Gasteiger partial charge is 0.354 e. The Kier molecular flexibility index (Phi) is 5.14. The fraction of sp³-hybridized carbons (Fsp3) is 0.211. The standard InChI is InChI=1S/C19H18ClN3O2/c1-13(14-5-3-2-4-6-14)10-21-18(24)11-23-12-22-17-8-7-15(20)9-16(17)19(23)25/h2-9,12-13H,10-11H2,1H3,(H,21,24)/t13-/m1/s1. The molecule has 5 nitrogen and oxygen atoms in total. The Bertz CT molecular complexity index is 954. The van der Waals surface area contributed by atoms with Crippen molar-refractivity contribution in [3.8, 4) is 0 Å². The number of nitrogens with one attached hydrogen (secondary N) is 1. The Labute approximate surface area is 150 Å². The molecule has 0 saturated carbocycles. The van der Waals surface area contributed by atoms with Gasteiger partial charge in [-0.15, -0.1) is 0 Å². The van der Waals surface area contributed by atoms with Crippen molar-refractivity contribution >= 4 is 28.4 Å². The highest BCUT2D eigenvalue weighted by atomic mass is 35.5. The van der Waals surface area contributed by atoms with E-state index in [0.717, 1.165) is 5.56 Å². The topological polar surface area (TPSA) is 64.0 Å². The quantitative estimate of drug-likeness (QED) is 0.765. The van der Waals surface area contributed by atoms with E-state index in [1.54, 1.807) is 18.2 Å². The van der Waals surface area contributed by atoms with E-state index in [0.29, 0.717) is 22.5 Å². The first-order valence-electron chi connectivity index (χ1n) is 8.01. The van der Waals surface area contributed by atoms with Crippen molar-refractivity contribution in [2.24, 2.45) is 0 Å². The molecule has 2 aromatic carbocycles. The van der Waals surface area contributed by atoms with Crippen LogP contribution in [-0.4, -0.2) is 22.0 Å². The van der Waals surface area contributed by atoms with Gasteiger partial charge in [-0.2, -0.15) is 0 Å². The lowest BCUT2D eigenvalue weighted by Crippen LogP contribution is -2.34. The molecule has 0 bridgehead atoms. The highest BCUT2D eigenvalue weighted by Gasteiger charge is 2.10. The fourth-order valence-corrected chi connectivity index (χ4v) is 2.79. The summed E-state index contributed by atoms with van der Waals surface area (Å²) >= 11 is 5.94. The number of aromatic nitrogens is 2. The second kappa shape index (κ2) is 7.49. The van der Waals surface area contributed by atoms with Gasteiger partial charge in [-0.1, -0.05) is 48.9 Å². The van der Waals surface area contributed by atoms with E-state index in [2.05, 4.69) is 10.3 Å². The molecular formula is C19H18ClN3O2. The molecule has 0 aliphatic heterocycles. The highest BCUT2D eigenvalue weighted by molar-refractivity contribution is 6.31. The second-order valence-electron chi connectivity index (χ2n) is 5.95. The summed E-state index contributed by atoms with van der Waals surface area (Å²) in [6.07, 6.45) is 1.39. The van der Waals surface area contributed by atoms with E-state index in [9.17, 15) is 9.59 Å². The van der Waals surface area contributed by atoms with Crippen molar-refractivity contribution in [1.82, 2.24) is 14.9 Å². The Morgan fingerprint density at radius 3 is 2.76 bits per heavy atom. The molecule has 25 heavy (non-hydrogen) atoms. The Hall–Kier alpha value is -2.66. The Morgan fingerprint density at radius 1 is 1.24 bits per heavy atom. The zero-order valence-corrected chi connectivity index (χ0v) is 14.5. The summed E-state index contributed by atoms with van der Waals surface area (Å²) in [6, 6.07) is 14.9. The molecule has 6 heteroatoms. The monoisotopic (exact) mass is 355 g/mol. The van der Waals surface area contributed by atoms with E-state index >= 15 is 0 Å². The van der Waals surface area contributed by atoms with Crippen LogP contribution in [0.15, 0.2) is 59.7 Å². The number of rotatable bonds is 5. The van der Waals surface area contributed by atoms with Gasteiger partial charge in [-0.3, -0.25) is 14.2 Å². The third-order valence-corrected chi connectivity index (χ3v) is 4.31. The van der Waals surface area contributed by atoms with Crippen molar-refractivity contribution in [2.75, 3.05) is 6.54 Å². The predicted molar refractivity (Wildman–Crippen MR) is 98.9 cm³/mol. The SMILES string of the molecule is C[C@H](CNC(=O)Cn1cnc2ccc(Cl)cc2c1=O)c1ccccc1. The van der Waals surface area contributed by atoms with Crippen LogP contribution in [0.4, 0.5) is 0 Å². The smallest absolute Gasteiger partial charge is 0.261 e. The van der Waals surface area contributed by atoms with Gasteiger partial charge in [-0.05, 0) is 29.7 Å². The predicted octanol–water partition coefficient (Wildman–Crippen LogP) is 2.97. The molecule has 0 saturated heterocycles. The van der Waals surface area contributed by atoms with E-state index in [-0.39, 0.29) is 23.9 Å². The van der Waals surface area contributed by atoms with Gasteiger partial charge < -0.3 is 5.32 Å². The molecule has 1 atom stereocenters. The van der Waals surface area contributed by atoms with Gasteiger partial charge in [-0.25, -0.2) is 4.98 Å². The van der Waals surface area contributed by atoms with Gasteiger partial charge in [0.2, 0.25) is 5.91 Å². The first-order valence-corrected chi connectivity index (χ1v) is 8.39. The van der Waals surface area contributed by atoms with E-state index in [1.807, 2.05) is 37.3 Å². The van der Waals surface area contributed by atoms with E-state index in [4.69, 9.17) is 11.6 Å². The van der Waals surface area contributed by atoms with Gasteiger partial charge in [0, 0.05) is 11.6 Å². The Morgan fingerprint density at radius 2 is 2.00 bits per heavy atom. The average Bonchev–Trinajstić information content (AvgIpc) is 2.63. The third kappa shape index (κ3) is 4.06. The first-order chi connectivity index (χ1) is 12.0. The zero-order chi connectivity index (χ0) is 17.8. The second-order valence-corrected chi connectivity index (χ2v) is 6.39. The molecule has 0 aliphatic rings. The summed E-state index contributed by atoms with van der Waals surface area (Å²) in [5, 5.41) is 3.73. The van der Waals surface area contributed by atoms with Crippen molar-refractivity contribution in [3.63, 3.8) is 0 Å². The third-order valence-electron chi connectivity index (χ3n) is 4.07. The van der Waals surface area contributed by atoms with Crippen LogP contribution in [0.1, 0.15) is 18.4 Å². The number of hydrogen-bond acceptors (Lipinski definition) is 3. The van der Waals surface area contributed by atoms with Crippen molar-refractivity contribution < 1.29 is 4.79 Å². The number of carbonyl (C=O) groups excluding carboxylic acids is 1. The lowest BCUT2D eigenvalue weighted by Gasteiger charge is -2.13. The first kappa shape index (κ1) is 17.2. The average molecular weight is 356 g/mol. The minimum absolute atomic E-state index is 0.0736. The van der Waals surface area contributed by atoms with Crippen LogP contribution in [0, 0.1) is 0 Å². The number of hydrogen-bond donors (Lipinski definition) is 1. The number of fused-ring (bicyclic) bond motifs is 1. The van der Waals surface area contributed by atoms with Gasteiger partial charge in [0.05, 0.1) is 17.2 Å². The number of halogens is 1. The molecule has 3 rings (SSSR count). The van der Waals surface area contributed by atoms with Crippen LogP contribution < -0.4 is 10.9 Å². The number of carbonyl (C=O) groups is 1. The van der Waals surface area contributed by atoms with Crippen molar-refractivity contribution in [1.29, 1.82) is 0 Å². The van der Waals surface area contributed by atoms with Gasteiger partial charge in [0.25, 0.3) is 5.56 Å². The van der Waals surface area contributed by atoms with Gasteiger partial charge in [0.15, 0.2) is 0 Å². The molecule has 0 aliphatic carbocycles. The van der Waals surface area contributed by atoms with Gasteiger partial charge in [0.1, 0.15) is 6.54 Å². The number of benzene rings is 2. The molecule has 1 N–H and O–H groups in total. The minimum Gasteiger partial charge on any atom is -0.354 e. The summed E-state index contributed by atoms with van der Waals surface area (Å²) in [5.74, 6) is -0.0385. The Balaban J connectivity index is 1.68. The van der Waals surface area contributed by atoms with Crippen LogP contribution in [0.2, 0.25) is 5.02 Å². The van der Waals surface area contributed by atoms with Crippen molar-refractivity contribution in [2.45, 2.75) is 19.4 Å². The van der Waals surface area contributed by atoms with Crippen LogP contribution in [0.25, 0.3) is 10.9 Å². The summed E-state index contributed by atoms with van der Waals surface area (Å²) in [7, 11) is 0. The van der Waals surface area contributed by atoms with Crippen LogP contribution in [-0.2, 0) is 11.3 Å². The minimum atomic E-state index is -0.279. The normalized spacial score (nSPS) is 12.1. The van der Waals surface area contributed by atoms with E-state index < -0.39 is 0 Å². The fourth-order valence-electron chi connectivity index (χ4n) is 2.62. The van der Waals surface area contributed by atoms with Crippen molar-refractivity contribution in [3.05, 3.63) is 75.8 Å². The molecule has 0 fully saturated rings. The maximum absolute atomic E-state index is 12.5. The summed E-state index contributed by atoms with van der Waals surface area (Å²) in [5.41, 5.74) is 1.43. The highest BCUT2D eigenvalue weighted by Crippen LogP contribution is 2.14. The van der Waals surface area contributed by atoms with Gasteiger partial charge >= 0.3 is 0 Å². The zero-order valence-electron chi connectivity index (χ0n) is 13.8. The molecule has 1 amide bonds. The number of nitrogens with zero attached hydrogens (tertiary/aromatic N) is 2. The maximum Gasteiger partial charge on any atom is 0.261 e. The molecule has 128 valence electrons. The van der Waals surface area contributed by atoms with Crippen LogP contribution >= 0.6 is 11.6 Å².